The molecule has 2 aliphatic rings. The van der Waals surface area contributed by atoms with Gasteiger partial charge in [-0.2, -0.15) is 5.10 Å². The molecule has 7 heteroatoms. The molecule has 4 rings (SSSR count). The van der Waals surface area contributed by atoms with E-state index in [4.69, 9.17) is 0 Å². The zero-order valence-corrected chi connectivity index (χ0v) is 16.0. The van der Waals surface area contributed by atoms with Gasteiger partial charge in [-0.25, -0.2) is 4.98 Å². The van der Waals surface area contributed by atoms with Crippen LogP contribution < -0.4 is 5.32 Å². The normalized spacial score (nSPS) is 24.9. The lowest BCUT2D eigenvalue weighted by Crippen LogP contribution is -2.52. The second-order valence-corrected chi connectivity index (χ2v) is 7.75. The number of rotatable bonds is 5. The highest BCUT2D eigenvalue weighted by Crippen LogP contribution is 2.40. The highest BCUT2D eigenvalue weighted by Gasteiger charge is 2.46. The minimum Gasteiger partial charge on any atom is -0.336 e. The standard InChI is InChI=1S/C19H28N6O/c1-12(15-11-24(4)22-13(15)2)21-16-7-8-17(26)25(14-5-6-14)18(16)19-20-9-10-23(19)3/h9-12,14,16,18,21H,5-8H2,1-4H3/t12?,16-,18-/m1/s1. The predicted octanol–water partition coefficient (Wildman–Crippen LogP) is 2.01. The van der Waals surface area contributed by atoms with Gasteiger partial charge in [-0.1, -0.05) is 0 Å². The molecule has 0 spiro atoms. The summed E-state index contributed by atoms with van der Waals surface area (Å²) in [5, 5.41) is 8.26. The molecule has 2 aromatic rings. The average molecular weight is 356 g/mol. The molecule has 1 aliphatic heterocycles. The number of imidazole rings is 1. The van der Waals surface area contributed by atoms with E-state index in [0.29, 0.717) is 12.5 Å². The fourth-order valence-corrected chi connectivity index (χ4v) is 4.29. The first-order valence-electron chi connectivity index (χ1n) is 9.50. The predicted molar refractivity (Wildman–Crippen MR) is 98.3 cm³/mol. The summed E-state index contributed by atoms with van der Waals surface area (Å²) in [6, 6.07) is 0.724. The van der Waals surface area contributed by atoms with E-state index in [2.05, 4.69) is 33.4 Å². The lowest BCUT2D eigenvalue weighted by Gasteiger charge is -2.42. The molecule has 1 amide bonds. The maximum Gasteiger partial charge on any atom is 0.223 e. The summed E-state index contributed by atoms with van der Waals surface area (Å²) in [7, 11) is 3.96. The van der Waals surface area contributed by atoms with E-state index in [-0.39, 0.29) is 24.0 Å². The molecule has 1 aliphatic carbocycles. The third kappa shape index (κ3) is 3.05. The second kappa shape index (κ2) is 6.54. The number of hydrogen-bond donors (Lipinski definition) is 1. The molecule has 2 fully saturated rings. The molecule has 1 N–H and O–H groups in total. The molecule has 0 bridgehead atoms. The first kappa shape index (κ1) is 17.3. The maximum absolute atomic E-state index is 12.7. The number of carbonyl (C=O) groups excluding carboxylic acids is 1. The molecule has 2 aromatic heterocycles. The van der Waals surface area contributed by atoms with Gasteiger partial charge in [-0.3, -0.25) is 9.48 Å². The molecular weight excluding hydrogens is 328 g/mol. The number of nitrogens with zero attached hydrogens (tertiary/aromatic N) is 5. The van der Waals surface area contributed by atoms with Gasteiger partial charge in [-0.15, -0.1) is 0 Å². The Kier molecular flexibility index (Phi) is 4.34. The van der Waals surface area contributed by atoms with Crippen LogP contribution in [0.5, 0.6) is 0 Å². The number of aromatic nitrogens is 4. The van der Waals surface area contributed by atoms with Gasteiger partial charge < -0.3 is 14.8 Å². The molecule has 7 nitrogen and oxygen atoms in total. The van der Waals surface area contributed by atoms with Crippen LogP contribution in [0.3, 0.4) is 0 Å². The number of hydrogen-bond acceptors (Lipinski definition) is 4. The molecule has 1 saturated carbocycles. The van der Waals surface area contributed by atoms with E-state index >= 15 is 0 Å². The van der Waals surface area contributed by atoms with Crippen molar-refractivity contribution < 1.29 is 4.79 Å². The minimum absolute atomic E-state index is 0.0109. The smallest absolute Gasteiger partial charge is 0.223 e. The maximum atomic E-state index is 12.7. The second-order valence-electron chi connectivity index (χ2n) is 7.75. The molecule has 0 radical (unpaired) electrons. The fourth-order valence-electron chi connectivity index (χ4n) is 4.29. The van der Waals surface area contributed by atoms with Crippen molar-refractivity contribution in [3.8, 4) is 0 Å². The molecule has 26 heavy (non-hydrogen) atoms. The topological polar surface area (TPSA) is 68.0 Å². The van der Waals surface area contributed by atoms with E-state index in [9.17, 15) is 4.79 Å². The molecular formula is C19H28N6O. The van der Waals surface area contributed by atoms with E-state index < -0.39 is 0 Å². The van der Waals surface area contributed by atoms with Gasteiger partial charge in [0.05, 0.1) is 5.69 Å². The van der Waals surface area contributed by atoms with Gasteiger partial charge in [-0.05, 0) is 33.1 Å². The Hall–Kier alpha value is -2.15. The van der Waals surface area contributed by atoms with Crippen LogP contribution in [-0.2, 0) is 18.9 Å². The molecule has 140 valence electrons. The SMILES string of the molecule is Cc1nn(C)cc1C(C)N[C@@H]1CCC(=O)N(C2CC2)[C@H]1c1nccn1C. The number of piperidine rings is 1. The van der Waals surface area contributed by atoms with Gasteiger partial charge in [0.15, 0.2) is 0 Å². The van der Waals surface area contributed by atoms with Crippen molar-refractivity contribution in [2.75, 3.05) is 0 Å². The summed E-state index contributed by atoms with van der Waals surface area (Å²) in [5.74, 6) is 1.24. The van der Waals surface area contributed by atoms with E-state index in [1.54, 1.807) is 0 Å². The van der Waals surface area contributed by atoms with Crippen molar-refractivity contribution in [1.29, 1.82) is 0 Å². The van der Waals surface area contributed by atoms with Gasteiger partial charge >= 0.3 is 0 Å². The fraction of sp³-hybridized carbons (Fsp3) is 0.632. The number of amides is 1. The summed E-state index contributed by atoms with van der Waals surface area (Å²) in [5.41, 5.74) is 2.26. The number of aryl methyl sites for hydroxylation is 3. The van der Waals surface area contributed by atoms with Crippen LogP contribution in [0.15, 0.2) is 18.6 Å². The summed E-state index contributed by atoms with van der Waals surface area (Å²) in [6.45, 7) is 4.22. The van der Waals surface area contributed by atoms with Crippen LogP contribution in [0.25, 0.3) is 0 Å². The Balaban J connectivity index is 1.63. The van der Waals surface area contributed by atoms with Gasteiger partial charge in [0, 0.05) is 62.8 Å². The first-order valence-corrected chi connectivity index (χ1v) is 9.50. The zero-order valence-electron chi connectivity index (χ0n) is 16.0. The summed E-state index contributed by atoms with van der Waals surface area (Å²) in [4.78, 5) is 19.4. The molecule has 0 aromatic carbocycles. The van der Waals surface area contributed by atoms with E-state index in [0.717, 1.165) is 30.8 Å². The monoisotopic (exact) mass is 356 g/mol. The van der Waals surface area contributed by atoms with Gasteiger partial charge in [0.2, 0.25) is 5.91 Å². The van der Waals surface area contributed by atoms with Crippen molar-refractivity contribution >= 4 is 5.91 Å². The third-order valence-electron chi connectivity index (χ3n) is 5.68. The molecule has 3 heterocycles. The largest absolute Gasteiger partial charge is 0.336 e. The van der Waals surface area contributed by atoms with Gasteiger partial charge in [0.1, 0.15) is 11.9 Å². The van der Waals surface area contributed by atoms with Crippen LogP contribution in [0.2, 0.25) is 0 Å². The minimum atomic E-state index is -0.0109. The zero-order chi connectivity index (χ0) is 18.4. The van der Waals surface area contributed by atoms with Crippen molar-refractivity contribution in [1.82, 2.24) is 29.5 Å². The van der Waals surface area contributed by atoms with Crippen LogP contribution >= 0.6 is 0 Å². The summed E-state index contributed by atoms with van der Waals surface area (Å²) < 4.78 is 3.91. The third-order valence-corrected chi connectivity index (χ3v) is 5.68. The van der Waals surface area contributed by atoms with Crippen molar-refractivity contribution in [3.05, 3.63) is 35.7 Å². The van der Waals surface area contributed by atoms with Crippen LogP contribution in [0.1, 0.15) is 61.8 Å². The Morgan fingerprint density at radius 2 is 2.04 bits per heavy atom. The summed E-state index contributed by atoms with van der Waals surface area (Å²) in [6.07, 6.45) is 9.52. The molecule has 1 saturated heterocycles. The van der Waals surface area contributed by atoms with Crippen LogP contribution in [0.4, 0.5) is 0 Å². The highest BCUT2D eigenvalue weighted by molar-refractivity contribution is 5.78. The van der Waals surface area contributed by atoms with E-state index in [1.807, 2.05) is 42.7 Å². The van der Waals surface area contributed by atoms with Gasteiger partial charge in [0.25, 0.3) is 0 Å². The van der Waals surface area contributed by atoms with E-state index in [1.165, 1.54) is 5.56 Å². The number of likely N-dealkylation sites (tertiary alicyclic amines) is 1. The van der Waals surface area contributed by atoms with Crippen molar-refractivity contribution in [2.45, 2.75) is 63.7 Å². The Labute approximate surface area is 154 Å². The molecule has 1 unspecified atom stereocenters. The van der Waals surface area contributed by atoms with Crippen LogP contribution in [0, 0.1) is 6.92 Å². The quantitative estimate of drug-likeness (QED) is 0.890. The van der Waals surface area contributed by atoms with Crippen LogP contribution in [-0.4, -0.2) is 42.2 Å². The Bertz CT molecular complexity index is 805. The molecule has 3 atom stereocenters. The van der Waals surface area contributed by atoms with Crippen molar-refractivity contribution in [3.63, 3.8) is 0 Å². The lowest BCUT2D eigenvalue weighted by atomic mass is 9.93. The lowest BCUT2D eigenvalue weighted by molar-refractivity contribution is -0.139. The first-order chi connectivity index (χ1) is 12.5. The number of nitrogens with one attached hydrogen (secondary N) is 1. The Morgan fingerprint density at radius 1 is 1.27 bits per heavy atom. The summed E-state index contributed by atoms with van der Waals surface area (Å²) >= 11 is 0. The average Bonchev–Trinajstić information content (AvgIpc) is 3.25. The van der Waals surface area contributed by atoms with Crippen molar-refractivity contribution in [2.24, 2.45) is 14.1 Å². The number of carbonyl (C=O) groups is 1. The highest BCUT2D eigenvalue weighted by atomic mass is 16.2. The Morgan fingerprint density at radius 3 is 2.62 bits per heavy atom.